The van der Waals surface area contributed by atoms with Crippen molar-refractivity contribution in [3.8, 4) is 5.75 Å². The molecule has 0 spiro atoms. The van der Waals surface area contributed by atoms with Crippen molar-refractivity contribution in [2.24, 2.45) is 0 Å². The Balaban J connectivity index is 2.93. The molecule has 1 aromatic rings. The summed E-state index contributed by atoms with van der Waals surface area (Å²) in [7, 11) is 0. The summed E-state index contributed by atoms with van der Waals surface area (Å²) in [4.78, 5) is 10.6. The predicted octanol–water partition coefficient (Wildman–Crippen LogP) is 0.933. The molecule has 0 atom stereocenters. The number of phenolic OH excluding ortho intramolecular Hbond substituents is 1. The number of carbonyl (C=O) groups excluding carboxylic acids is 1. The Hall–Kier alpha value is -1.71. The number of aromatic hydroxyl groups is 1. The number of benzene rings is 1. The highest BCUT2D eigenvalue weighted by molar-refractivity contribution is 5.90. The van der Waals surface area contributed by atoms with Gasteiger partial charge in [0.1, 0.15) is 5.75 Å². The van der Waals surface area contributed by atoms with E-state index in [1.807, 2.05) is 0 Å². The van der Waals surface area contributed by atoms with E-state index < -0.39 is 0 Å². The fraction of sp³-hybridized carbons (Fsp3) is 0.125. The summed E-state index contributed by atoms with van der Waals surface area (Å²) >= 11 is 0. The summed E-state index contributed by atoms with van der Waals surface area (Å²) in [5.41, 5.74) is 6.22. The molecule has 12 heavy (non-hydrogen) atoms. The summed E-state index contributed by atoms with van der Waals surface area (Å²) in [6.45, 7) is 1.37. The van der Waals surface area contributed by atoms with Gasteiger partial charge < -0.3 is 16.2 Å². The van der Waals surface area contributed by atoms with Crippen LogP contribution in [0.1, 0.15) is 6.92 Å². The monoisotopic (exact) mass is 166 g/mol. The maximum atomic E-state index is 10.6. The minimum Gasteiger partial charge on any atom is -0.506 e. The molecule has 0 unspecified atom stereocenters. The first-order valence-corrected chi connectivity index (χ1v) is 3.45. The fourth-order valence-electron chi connectivity index (χ4n) is 0.844. The summed E-state index contributed by atoms with van der Waals surface area (Å²) < 4.78 is 0. The van der Waals surface area contributed by atoms with E-state index in [1.165, 1.54) is 13.0 Å². The highest BCUT2D eigenvalue weighted by Crippen LogP contribution is 2.24. The second-order valence-electron chi connectivity index (χ2n) is 2.46. The average molecular weight is 166 g/mol. The number of nitrogen functional groups attached to an aromatic ring is 1. The van der Waals surface area contributed by atoms with Crippen LogP contribution in [-0.4, -0.2) is 11.0 Å². The van der Waals surface area contributed by atoms with Crippen molar-refractivity contribution < 1.29 is 9.90 Å². The Morgan fingerprint density at radius 2 is 2.25 bits per heavy atom. The molecule has 0 aliphatic carbocycles. The van der Waals surface area contributed by atoms with Gasteiger partial charge in [0.15, 0.2) is 0 Å². The van der Waals surface area contributed by atoms with E-state index in [2.05, 4.69) is 5.32 Å². The van der Waals surface area contributed by atoms with E-state index in [0.29, 0.717) is 11.4 Å². The van der Waals surface area contributed by atoms with Gasteiger partial charge in [-0.05, 0) is 12.1 Å². The number of hydrogen-bond acceptors (Lipinski definition) is 3. The molecule has 4 N–H and O–H groups in total. The third-order valence-corrected chi connectivity index (χ3v) is 1.33. The number of carbonyl (C=O) groups is 1. The van der Waals surface area contributed by atoms with Crippen molar-refractivity contribution in [3.63, 3.8) is 0 Å². The zero-order chi connectivity index (χ0) is 9.14. The molecule has 0 aliphatic heterocycles. The molecule has 0 aliphatic rings. The molecule has 1 rings (SSSR count). The zero-order valence-electron chi connectivity index (χ0n) is 6.66. The molecule has 1 aromatic carbocycles. The van der Waals surface area contributed by atoms with Crippen LogP contribution in [0.15, 0.2) is 18.2 Å². The summed E-state index contributed by atoms with van der Waals surface area (Å²) in [5.74, 6) is -0.250. The molecule has 0 aromatic heterocycles. The van der Waals surface area contributed by atoms with Gasteiger partial charge in [0.2, 0.25) is 5.91 Å². The number of nitrogens with one attached hydrogen (secondary N) is 1. The molecular weight excluding hydrogens is 156 g/mol. The molecule has 0 heterocycles. The first-order chi connectivity index (χ1) is 5.59. The molecule has 4 heteroatoms. The van der Waals surface area contributed by atoms with E-state index in [4.69, 9.17) is 5.73 Å². The van der Waals surface area contributed by atoms with Gasteiger partial charge in [0, 0.05) is 18.7 Å². The number of nitrogens with two attached hydrogens (primary N) is 1. The maximum Gasteiger partial charge on any atom is 0.221 e. The highest BCUT2D eigenvalue weighted by atomic mass is 16.3. The van der Waals surface area contributed by atoms with Crippen LogP contribution < -0.4 is 11.1 Å². The fourth-order valence-corrected chi connectivity index (χ4v) is 0.844. The maximum absolute atomic E-state index is 10.6. The van der Waals surface area contributed by atoms with Gasteiger partial charge in [-0.25, -0.2) is 0 Å². The van der Waals surface area contributed by atoms with Crippen LogP contribution in [0.5, 0.6) is 5.75 Å². The smallest absolute Gasteiger partial charge is 0.221 e. The molecule has 4 nitrogen and oxygen atoms in total. The van der Waals surface area contributed by atoms with Gasteiger partial charge in [-0.1, -0.05) is 0 Å². The summed E-state index contributed by atoms with van der Waals surface area (Å²) in [6, 6.07) is 4.53. The van der Waals surface area contributed by atoms with Gasteiger partial charge in [0.25, 0.3) is 0 Å². The highest BCUT2D eigenvalue weighted by Gasteiger charge is 2.01. The van der Waals surface area contributed by atoms with E-state index >= 15 is 0 Å². The molecule has 0 radical (unpaired) electrons. The Morgan fingerprint density at radius 3 is 2.75 bits per heavy atom. The lowest BCUT2D eigenvalue weighted by atomic mass is 10.2. The number of amides is 1. The normalized spacial score (nSPS) is 9.42. The van der Waals surface area contributed by atoms with Crippen LogP contribution in [0.4, 0.5) is 11.4 Å². The van der Waals surface area contributed by atoms with Crippen molar-refractivity contribution >= 4 is 17.3 Å². The molecule has 1 amide bonds. The first kappa shape index (κ1) is 8.39. The van der Waals surface area contributed by atoms with E-state index in [1.54, 1.807) is 12.1 Å². The first-order valence-electron chi connectivity index (χ1n) is 3.45. The molecule has 0 bridgehead atoms. The average Bonchev–Trinajstić information content (AvgIpc) is 1.94. The molecular formula is C8H10N2O2. The Bertz CT molecular complexity index is 310. The van der Waals surface area contributed by atoms with Crippen LogP contribution in [-0.2, 0) is 4.79 Å². The number of hydrogen-bond donors (Lipinski definition) is 3. The van der Waals surface area contributed by atoms with Gasteiger partial charge in [-0.15, -0.1) is 0 Å². The minimum atomic E-state index is -0.227. The summed E-state index contributed by atoms with van der Waals surface area (Å²) in [5, 5.41) is 11.7. The molecule has 64 valence electrons. The van der Waals surface area contributed by atoms with E-state index in [9.17, 15) is 9.90 Å². The second-order valence-corrected chi connectivity index (χ2v) is 2.46. The van der Waals surface area contributed by atoms with Gasteiger partial charge in [0.05, 0.1) is 5.69 Å². The molecule has 0 fully saturated rings. The molecule has 0 saturated carbocycles. The summed E-state index contributed by atoms with van der Waals surface area (Å²) in [6.07, 6.45) is 0. The molecule has 0 saturated heterocycles. The lowest BCUT2D eigenvalue weighted by molar-refractivity contribution is -0.114. The van der Waals surface area contributed by atoms with E-state index in [0.717, 1.165) is 0 Å². The second kappa shape index (κ2) is 3.13. The predicted molar refractivity (Wildman–Crippen MR) is 46.8 cm³/mol. The van der Waals surface area contributed by atoms with Crippen molar-refractivity contribution in [1.82, 2.24) is 0 Å². The van der Waals surface area contributed by atoms with Gasteiger partial charge >= 0.3 is 0 Å². The largest absolute Gasteiger partial charge is 0.506 e. The van der Waals surface area contributed by atoms with Gasteiger partial charge in [-0.3, -0.25) is 4.79 Å². The Morgan fingerprint density at radius 1 is 1.58 bits per heavy atom. The standard InChI is InChI=1S/C8H10N2O2/c1-5(11)10-7-3-2-6(9)4-8(7)12/h2-4,12H,9H2,1H3,(H,10,11). The van der Waals surface area contributed by atoms with Crippen LogP contribution >= 0.6 is 0 Å². The number of phenols is 1. The van der Waals surface area contributed by atoms with Gasteiger partial charge in [-0.2, -0.15) is 0 Å². The van der Waals surface area contributed by atoms with Crippen LogP contribution in [0.2, 0.25) is 0 Å². The zero-order valence-corrected chi connectivity index (χ0v) is 6.66. The lowest BCUT2D eigenvalue weighted by Gasteiger charge is -2.04. The SMILES string of the molecule is CC(=O)Nc1ccc(N)cc1O. The third-order valence-electron chi connectivity index (χ3n) is 1.33. The lowest BCUT2D eigenvalue weighted by Crippen LogP contribution is -2.05. The van der Waals surface area contributed by atoms with Crippen LogP contribution in [0.25, 0.3) is 0 Å². The van der Waals surface area contributed by atoms with Crippen molar-refractivity contribution in [1.29, 1.82) is 0 Å². The Kier molecular flexibility index (Phi) is 2.19. The van der Waals surface area contributed by atoms with Crippen molar-refractivity contribution in [2.75, 3.05) is 11.1 Å². The minimum absolute atomic E-state index is 0.0230. The van der Waals surface area contributed by atoms with Crippen LogP contribution in [0, 0.1) is 0 Å². The topological polar surface area (TPSA) is 75.4 Å². The van der Waals surface area contributed by atoms with Crippen LogP contribution in [0.3, 0.4) is 0 Å². The van der Waals surface area contributed by atoms with Crippen molar-refractivity contribution in [3.05, 3.63) is 18.2 Å². The number of anilines is 2. The quantitative estimate of drug-likeness (QED) is 0.429. The third kappa shape index (κ3) is 1.88. The Labute approximate surface area is 70.0 Å². The van der Waals surface area contributed by atoms with Crippen molar-refractivity contribution in [2.45, 2.75) is 6.92 Å². The van der Waals surface area contributed by atoms with E-state index in [-0.39, 0.29) is 11.7 Å². The number of rotatable bonds is 1.